The van der Waals surface area contributed by atoms with Gasteiger partial charge in [-0.15, -0.1) is 0 Å². The Labute approximate surface area is 51.3 Å². The highest BCUT2D eigenvalue weighted by Crippen LogP contribution is 2.29. The summed E-state index contributed by atoms with van der Waals surface area (Å²) in [6, 6.07) is 0.551. The van der Waals surface area contributed by atoms with E-state index in [9.17, 15) is 0 Å². The largest absolute Gasteiger partial charge is 0.327 e. The van der Waals surface area contributed by atoms with Crippen molar-refractivity contribution in [2.24, 2.45) is 11.7 Å². The normalized spacial score (nSPS) is 36.8. The van der Waals surface area contributed by atoms with Crippen molar-refractivity contribution in [3.63, 3.8) is 0 Å². The molecule has 0 aliphatic heterocycles. The van der Waals surface area contributed by atoms with Gasteiger partial charge in [0.1, 0.15) is 0 Å². The SMILES string of the molecule is CCCC1CC[C@H]1N. The van der Waals surface area contributed by atoms with Crippen molar-refractivity contribution in [3.8, 4) is 0 Å². The Hall–Kier alpha value is -0.0400. The van der Waals surface area contributed by atoms with Gasteiger partial charge in [0.05, 0.1) is 0 Å². The third-order valence-corrected chi connectivity index (χ3v) is 2.14. The molecular formula is C7H15N. The first-order chi connectivity index (χ1) is 3.84. The summed E-state index contributed by atoms with van der Waals surface area (Å²) < 4.78 is 0. The lowest BCUT2D eigenvalue weighted by Crippen LogP contribution is -2.38. The third kappa shape index (κ3) is 1.03. The van der Waals surface area contributed by atoms with Crippen LogP contribution in [0.25, 0.3) is 0 Å². The molecule has 0 aromatic rings. The van der Waals surface area contributed by atoms with Crippen LogP contribution >= 0.6 is 0 Å². The zero-order valence-electron chi connectivity index (χ0n) is 5.56. The maximum absolute atomic E-state index is 5.71. The van der Waals surface area contributed by atoms with Crippen molar-refractivity contribution in [1.82, 2.24) is 0 Å². The van der Waals surface area contributed by atoms with Gasteiger partial charge in [-0.25, -0.2) is 0 Å². The fraction of sp³-hybridized carbons (Fsp3) is 1.00. The predicted molar refractivity (Wildman–Crippen MR) is 35.6 cm³/mol. The third-order valence-electron chi connectivity index (χ3n) is 2.14. The molecule has 0 saturated heterocycles. The van der Waals surface area contributed by atoms with Gasteiger partial charge in [0.15, 0.2) is 0 Å². The van der Waals surface area contributed by atoms with Crippen LogP contribution in [0, 0.1) is 5.92 Å². The molecular weight excluding hydrogens is 98.1 g/mol. The van der Waals surface area contributed by atoms with Gasteiger partial charge < -0.3 is 5.73 Å². The molecule has 1 aliphatic rings. The summed E-state index contributed by atoms with van der Waals surface area (Å²) in [7, 11) is 0. The molecule has 0 spiro atoms. The van der Waals surface area contributed by atoms with Crippen molar-refractivity contribution in [2.45, 2.75) is 38.6 Å². The molecule has 0 bridgehead atoms. The highest BCUT2D eigenvalue weighted by atomic mass is 14.7. The first kappa shape index (κ1) is 6.09. The molecule has 0 heterocycles. The van der Waals surface area contributed by atoms with Crippen LogP contribution in [0.2, 0.25) is 0 Å². The van der Waals surface area contributed by atoms with Gasteiger partial charge in [0.25, 0.3) is 0 Å². The summed E-state index contributed by atoms with van der Waals surface area (Å²) in [5, 5.41) is 0. The molecule has 1 heteroatoms. The van der Waals surface area contributed by atoms with Crippen LogP contribution in [0.15, 0.2) is 0 Å². The summed E-state index contributed by atoms with van der Waals surface area (Å²) >= 11 is 0. The Morgan fingerprint density at radius 1 is 1.50 bits per heavy atom. The quantitative estimate of drug-likeness (QED) is 0.577. The molecule has 48 valence electrons. The van der Waals surface area contributed by atoms with E-state index in [0.717, 1.165) is 5.92 Å². The molecule has 2 N–H and O–H groups in total. The lowest BCUT2D eigenvalue weighted by Gasteiger charge is -2.33. The van der Waals surface area contributed by atoms with Gasteiger partial charge in [-0.3, -0.25) is 0 Å². The van der Waals surface area contributed by atoms with Crippen molar-refractivity contribution in [1.29, 1.82) is 0 Å². The molecule has 1 nitrogen and oxygen atoms in total. The van der Waals surface area contributed by atoms with Crippen molar-refractivity contribution in [3.05, 3.63) is 0 Å². The fourth-order valence-electron chi connectivity index (χ4n) is 1.32. The number of hydrogen-bond donors (Lipinski definition) is 1. The second-order valence-corrected chi connectivity index (χ2v) is 2.79. The van der Waals surface area contributed by atoms with Crippen LogP contribution in [-0.2, 0) is 0 Å². The molecule has 0 aromatic heterocycles. The first-order valence-corrected chi connectivity index (χ1v) is 3.60. The van der Waals surface area contributed by atoms with Gasteiger partial charge in [-0.1, -0.05) is 13.3 Å². The predicted octanol–water partition coefficient (Wildman–Crippen LogP) is 1.52. The van der Waals surface area contributed by atoms with E-state index in [2.05, 4.69) is 6.92 Å². The topological polar surface area (TPSA) is 26.0 Å². The molecule has 0 aromatic carbocycles. The summed E-state index contributed by atoms with van der Waals surface area (Å²) in [6.45, 7) is 2.23. The van der Waals surface area contributed by atoms with Gasteiger partial charge in [-0.2, -0.15) is 0 Å². The molecule has 1 aliphatic carbocycles. The molecule has 8 heavy (non-hydrogen) atoms. The highest BCUT2D eigenvalue weighted by Gasteiger charge is 2.25. The molecule has 0 amide bonds. The minimum Gasteiger partial charge on any atom is -0.327 e. The average molecular weight is 113 g/mol. The maximum atomic E-state index is 5.71. The van der Waals surface area contributed by atoms with Crippen molar-refractivity contribution >= 4 is 0 Å². The minimum absolute atomic E-state index is 0.551. The highest BCUT2D eigenvalue weighted by molar-refractivity contribution is 4.82. The van der Waals surface area contributed by atoms with Crippen LogP contribution in [0.5, 0.6) is 0 Å². The first-order valence-electron chi connectivity index (χ1n) is 3.60. The summed E-state index contributed by atoms with van der Waals surface area (Å²) in [4.78, 5) is 0. The van der Waals surface area contributed by atoms with E-state index in [0.29, 0.717) is 6.04 Å². The van der Waals surface area contributed by atoms with Crippen LogP contribution in [-0.4, -0.2) is 6.04 Å². The number of rotatable bonds is 2. The Morgan fingerprint density at radius 3 is 2.38 bits per heavy atom. The Morgan fingerprint density at radius 2 is 2.25 bits per heavy atom. The zero-order valence-corrected chi connectivity index (χ0v) is 5.56. The summed E-state index contributed by atoms with van der Waals surface area (Å²) in [5.74, 6) is 0.875. The van der Waals surface area contributed by atoms with Gasteiger partial charge in [-0.05, 0) is 25.2 Å². The van der Waals surface area contributed by atoms with Crippen LogP contribution in [0.1, 0.15) is 32.6 Å². The lowest BCUT2D eigenvalue weighted by atomic mass is 9.78. The lowest BCUT2D eigenvalue weighted by molar-refractivity contribution is 0.239. The van der Waals surface area contributed by atoms with E-state index >= 15 is 0 Å². The number of hydrogen-bond acceptors (Lipinski definition) is 1. The number of nitrogens with two attached hydrogens (primary N) is 1. The molecule has 1 unspecified atom stereocenters. The van der Waals surface area contributed by atoms with E-state index in [1.54, 1.807) is 0 Å². The van der Waals surface area contributed by atoms with Crippen LogP contribution < -0.4 is 5.73 Å². The minimum atomic E-state index is 0.551. The van der Waals surface area contributed by atoms with Gasteiger partial charge >= 0.3 is 0 Å². The molecule has 2 atom stereocenters. The van der Waals surface area contributed by atoms with Crippen molar-refractivity contribution < 1.29 is 0 Å². The van der Waals surface area contributed by atoms with Crippen LogP contribution in [0.3, 0.4) is 0 Å². The van der Waals surface area contributed by atoms with Gasteiger partial charge in [0, 0.05) is 6.04 Å². The van der Waals surface area contributed by atoms with E-state index < -0.39 is 0 Å². The molecule has 1 fully saturated rings. The van der Waals surface area contributed by atoms with Gasteiger partial charge in [0.2, 0.25) is 0 Å². The zero-order chi connectivity index (χ0) is 5.98. The van der Waals surface area contributed by atoms with E-state index in [-0.39, 0.29) is 0 Å². The van der Waals surface area contributed by atoms with E-state index in [4.69, 9.17) is 5.73 Å². The molecule has 0 radical (unpaired) electrons. The summed E-state index contributed by atoms with van der Waals surface area (Å²) in [5.41, 5.74) is 5.71. The maximum Gasteiger partial charge on any atom is 0.00672 e. The summed E-state index contributed by atoms with van der Waals surface area (Å²) in [6.07, 6.45) is 5.30. The smallest absolute Gasteiger partial charge is 0.00672 e. The second-order valence-electron chi connectivity index (χ2n) is 2.79. The monoisotopic (exact) mass is 113 g/mol. The molecule has 1 saturated carbocycles. The molecule has 1 rings (SSSR count). The standard InChI is InChI=1S/C7H15N/c1-2-3-6-4-5-7(6)8/h6-7H,2-5,8H2,1H3/t6?,7-/m1/s1. The Balaban J connectivity index is 2.08. The average Bonchev–Trinajstić information content (AvgIpc) is 1.79. The van der Waals surface area contributed by atoms with Crippen LogP contribution in [0.4, 0.5) is 0 Å². The van der Waals surface area contributed by atoms with E-state index in [1.807, 2.05) is 0 Å². The Bertz CT molecular complexity index is 70.8. The Kier molecular flexibility index (Phi) is 1.90. The van der Waals surface area contributed by atoms with E-state index in [1.165, 1.54) is 25.7 Å². The second kappa shape index (κ2) is 2.49. The van der Waals surface area contributed by atoms with Crippen molar-refractivity contribution in [2.75, 3.05) is 0 Å². The fourth-order valence-corrected chi connectivity index (χ4v) is 1.32.